The van der Waals surface area contributed by atoms with Crippen LogP contribution in [0, 0.1) is 5.82 Å². The number of ether oxygens (including phenoxy) is 1. The average Bonchev–Trinajstić information content (AvgIpc) is 3.22. The summed E-state index contributed by atoms with van der Waals surface area (Å²) in [7, 11) is 0. The Bertz CT molecular complexity index is 824. The van der Waals surface area contributed by atoms with Crippen LogP contribution in [0.1, 0.15) is 11.3 Å². The van der Waals surface area contributed by atoms with Crippen LogP contribution in [0.3, 0.4) is 0 Å². The maximum absolute atomic E-state index is 13.0. The van der Waals surface area contributed by atoms with Gasteiger partial charge in [-0.25, -0.2) is 14.2 Å². The summed E-state index contributed by atoms with van der Waals surface area (Å²) in [5.74, 6) is -0.388. The van der Waals surface area contributed by atoms with Crippen molar-refractivity contribution in [2.75, 3.05) is 0 Å². The van der Waals surface area contributed by atoms with Gasteiger partial charge in [-0.05, 0) is 35.2 Å². The van der Waals surface area contributed by atoms with E-state index >= 15 is 0 Å². The SMILES string of the molecule is O=C(/C=C/c1cccc(F)c1)OCc1coc(-c2cccs2)n1. The molecule has 0 unspecified atom stereocenters. The van der Waals surface area contributed by atoms with E-state index in [0.29, 0.717) is 17.1 Å². The van der Waals surface area contributed by atoms with Gasteiger partial charge in [0.2, 0.25) is 5.89 Å². The first-order valence-corrected chi connectivity index (χ1v) is 7.67. The number of carbonyl (C=O) groups is 1. The summed E-state index contributed by atoms with van der Waals surface area (Å²) >= 11 is 1.51. The Kier molecular flexibility index (Phi) is 4.63. The Morgan fingerprint density at radius 1 is 1.35 bits per heavy atom. The third-order valence-corrected chi connectivity index (χ3v) is 3.76. The molecule has 0 amide bonds. The molecule has 0 fully saturated rings. The van der Waals surface area contributed by atoms with Crippen LogP contribution in [-0.4, -0.2) is 11.0 Å². The molecule has 3 rings (SSSR count). The first-order valence-electron chi connectivity index (χ1n) is 6.79. The van der Waals surface area contributed by atoms with Crippen molar-refractivity contribution in [2.45, 2.75) is 6.61 Å². The number of nitrogens with zero attached hydrogens (tertiary/aromatic N) is 1. The quantitative estimate of drug-likeness (QED) is 0.517. The van der Waals surface area contributed by atoms with Gasteiger partial charge in [-0.3, -0.25) is 0 Å². The minimum atomic E-state index is -0.532. The standard InChI is InChI=1S/C17H12FNO3S/c18-13-4-1-3-12(9-13)6-7-16(20)21-10-14-11-22-17(19-14)15-5-2-8-23-15/h1-9,11H,10H2/b7-6+. The highest BCUT2D eigenvalue weighted by Crippen LogP contribution is 2.23. The van der Waals surface area contributed by atoms with Gasteiger partial charge in [0.1, 0.15) is 24.4 Å². The highest BCUT2D eigenvalue weighted by Gasteiger charge is 2.08. The number of rotatable bonds is 5. The minimum Gasteiger partial charge on any atom is -0.456 e. The summed E-state index contributed by atoms with van der Waals surface area (Å²) in [5.41, 5.74) is 1.12. The second kappa shape index (κ2) is 7.02. The molecule has 0 saturated heterocycles. The molecule has 1 aromatic carbocycles. The highest BCUT2D eigenvalue weighted by atomic mass is 32.1. The lowest BCUT2D eigenvalue weighted by atomic mass is 10.2. The Labute approximate surface area is 135 Å². The summed E-state index contributed by atoms with van der Waals surface area (Å²) in [6.45, 7) is 0.0151. The molecule has 4 nitrogen and oxygen atoms in total. The first kappa shape index (κ1) is 15.2. The number of esters is 1. The van der Waals surface area contributed by atoms with E-state index < -0.39 is 5.97 Å². The normalized spacial score (nSPS) is 11.0. The predicted octanol–water partition coefficient (Wildman–Crippen LogP) is 4.30. The topological polar surface area (TPSA) is 52.3 Å². The first-order chi connectivity index (χ1) is 11.2. The molecule has 116 valence electrons. The van der Waals surface area contributed by atoms with Crippen molar-refractivity contribution in [3.05, 3.63) is 71.2 Å². The fourth-order valence-electron chi connectivity index (χ4n) is 1.85. The summed E-state index contributed by atoms with van der Waals surface area (Å²) in [5, 5.41) is 1.93. The van der Waals surface area contributed by atoms with E-state index in [1.54, 1.807) is 12.1 Å². The van der Waals surface area contributed by atoms with Crippen molar-refractivity contribution >= 4 is 23.4 Å². The Balaban J connectivity index is 1.55. The summed E-state index contributed by atoms with van der Waals surface area (Å²) in [6.07, 6.45) is 4.19. The van der Waals surface area contributed by atoms with Crippen LogP contribution in [-0.2, 0) is 16.1 Å². The molecule has 6 heteroatoms. The van der Waals surface area contributed by atoms with Crippen LogP contribution < -0.4 is 0 Å². The van der Waals surface area contributed by atoms with E-state index in [-0.39, 0.29) is 12.4 Å². The third-order valence-electron chi connectivity index (χ3n) is 2.91. The van der Waals surface area contributed by atoms with Crippen molar-refractivity contribution in [1.29, 1.82) is 0 Å². The molecule has 0 N–H and O–H groups in total. The fourth-order valence-corrected chi connectivity index (χ4v) is 2.51. The molecular formula is C17H12FNO3S. The van der Waals surface area contributed by atoms with Crippen molar-refractivity contribution in [2.24, 2.45) is 0 Å². The molecule has 0 aliphatic heterocycles. The maximum Gasteiger partial charge on any atom is 0.331 e. The number of hydrogen-bond donors (Lipinski definition) is 0. The molecule has 2 heterocycles. The Morgan fingerprint density at radius 2 is 2.26 bits per heavy atom. The molecule has 3 aromatic rings. The monoisotopic (exact) mass is 329 g/mol. The summed E-state index contributed by atoms with van der Waals surface area (Å²) in [4.78, 5) is 16.8. The van der Waals surface area contributed by atoms with Gasteiger partial charge in [0, 0.05) is 6.08 Å². The second-order valence-electron chi connectivity index (χ2n) is 4.62. The molecule has 0 atom stereocenters. The van der Waals surface area contributed by atoms with Crippen LogP contribution in [0.4, 0.5) is 4.39 Å². The van der Waals surface area contributed by atoms with E-state index in [1.165, 1.54) is 41.9 Å². The molecule has 0 saturated carbocycles. The molecule has 0 bridgehead atoms. The van der Waals surface area contributed by atoms with E-state index in [1.807, 2.05) is 17.5 Å². The van der Waals surface area contributed by atoms with Gasteiger partial charge in [0.05, 0.1) is 4.88 Å². The number of carbonyl (C=O) groups excluding carboxylic acids is 1. The van der Waals surface area contributed by atoms with E-state index in [4.69, 9.17) is 9.15 Å². The fraction of sp³-hybridized carbons (Fsp3) is 0.0588. The Morgan fingerprint density at radius 3 is 3.04 bits per heavy atom. The average molecular weight is 329 g/mol. The zero-order chi connectivity index (χ0) is 16.1. The third kappa shape index (κ3) is 4.14. The van der Waals surface area contributed by atoms with E-state index in [0.717, 1.165) is 4.88 Å². The van der Waals surface area contributed by atoms with E-state index in [2.05, 4.69) is 4.98 Å². The van der Waals surface area contributed by atoms with Crippen LogP contribution in [0.15, 0.2) is 58.5 Å². The summed E-state index contributed by atoms with van der Waals surface area (Å²) in [6, 6.07) is 9.73. The van der Waals surface area contributed by atoms with Crippen LogP contribution >= 0.6 is 11.3 Å². The van der Waals surface area contributed by atoms with Crippen molar-refractivity contribution < 1.29 is 18.3 Å². The molecule has 0 radical (unpaired) electrons. The van der Waals surface area contributed by atoms with Gasteiger partial charge in [-0.15, -0.1) is 11.3 Å². The lowest BCUT2D eigenvalue weighted by Crippen LogP contribution is -2.00. The van der Waals surface area contributed by atoms with Gasteiger partial charge < -0.3 is 9.15 Å². The smallest absolute Gasteiger partial charge is 0.331 e. The zero-order valence-corrected chi connectivity index (χ0v) is 12.8. The van der Waals surface area contributed by atoms with Gasteiger partial charge in [-0.2, -0.15) is 0 Å². The van der Waals surface area contributed by atoms with E-state index in [9.17, 15) is 9.18 Å². The molecular weight excluding hydrogens is 317 g/mol. The predicted molar refractivity (Wildman–Crippen MR) is 85.0 cm³/mol. The van der Waals surface area contributed by atoms with Gasteiger partial charge in [0.25, 0.3) is 0 Å². The number of aromatic nitrogens is 1. The number of benzene rings is 1. The maximum atomic E-state index is 13.0. The number of halogens is 1. The zero-order valence-electron chi connectivity index (χ0n) is 11.9. The molecule has 0 spiro atoms. The lowest BCUT2D eigenvalue weighted by molar-refractivity contribution is -0.139. The number of oxazole rings is 1. The largest absolute Gasteiger partial charge is 0.456 e. The van der Waals surface area contributed by atoms with Crippen LogP contribution in [0.25, 0.3) is 16.8 Å². The van der Waals surface area contributed by atoms with Crippen LogP contribution in [0.2, 0.25) is 0 Å². The number of thiophene rings is 1. The number of hydrogen-bond acceptors (Lipinski definition) is 5. The van der Waals surface area contributed by atoms with Crippen LogP contribution in [0.5, 0.6) is 0 Å². The van der Waals surface area contributed by atoms with Gasteiger partial charge >= 0.3 is 5.97 Å². The minimum absolute atomic E-state index is 0.0151. The van der Waals surface area contributed by atoms with Crippen molar-refractivity contribution in [3.63, 3.8) is 0 Å². The second-order valence-corrected chi connectivity index (χ2v) is 5.57. The van der Waals surface area contributed by atoms with Crippen molar-refractivity contribution in [3.8, 4) is 10.8 Å². The molecule has 0 aliphatic rings. The Hall–Kier alpha value is -2.73. The molecule has 23 heavy (non-hydrogen) atoms. The summed E-state index contributed by atoms with van der Waals surface area (Å²) < 4.78 is 23.4. The highest BCUT2D eigenvalue weighted by molar-refractivity contribution is 7.13. The van der Waals surface area contributed by atoms with Crippen molar-refractivity contribution in [1.82, 2.24) is 4.98 Å². The van der Waals surface area contributed by atoms with Gasteiger partial charge in [-0.1, -0.05) is 18.2 Å². The molecule has 2 aromatic heterocycles. The lowest BCUT2D eigenvalue weighted by Gasteiger charge is -1.98. The van der Waals surface area contributed by atoms with Gasteiger partial charge in [0.15, 0.2) is 0 Å². The molecule has 0 aliphatic carbocycles.